The molecule has 3 aromatic rings. The summed E-state index contributed by atoms with van der Waals surface area (Å²) >= 11 is 5.64. The molecule has 8 nitrogen and oxygen atoms in total. The normalized spacial score (nSPS) is 11.6. The van der Waals surface area contributed by atoms with E-state index in [0.29, 0.717) is 10.4 Å². The molecule has 0 fully saturated rings. The maximum atomic E-state index is 13.4. The van der Waals surface area contributed by atoms with Gasteiger partial charge in [0, 0.05) is 17.2 Å². The highest BCUT2D eigenvalue weighted by molar-refractivity contribution is 7.92. The van der Waals surface area contributed by atoms with Gasteiger partial charge in [-0.3, -0.25) is 19.2 Å². The van der Waals surface area contributed by atoms with E-state index in [1.807, 2.05) is 5.32 Å². The largest absolute Gasteiger partial charge is 0.418 e. The quantitative estimate of drug-likeness (QED) is 0.349. The Morgan fingerprint density at radius 3 is 2.32 bits per heavy atom. The third kappa shape index (κ3) is 5.64. The molecular weight excluding hydrogens is 499 g/mol. The number of halogens is 4. The molecule has 0 aliphatic rings. The van der Waals surface area contributed by atoms with Crippen LogP contribution in [0.2, 0.25) is 5.02 Å². The fourth-order valence-corrected chi connectivity index (χ4v) is 4.58. The number of amides is 1. The van der Waals surface area contributed by atoms with E-state index in [1.165, 1.54) is 36.4 Å². The second-order valence-electron chi connectivity index (χ2n) is 6.84. The van der Waals surface area contributed by atoms with Crippen LogP contribution in [0.5, 0.6) is 0 Å². The molecule has 0 atom stereocenters. The van der Waals surface area contributed by atoms with Crippen LogP contribution in [0.3, 0.4) is 0 Å². The molecule has 1 N–H and O–H groups in total. The van der Waals surface area contributed by atoms with E-state index in [0.717, 1.165) is 24.3 Å². The molecule has 13 heteroatoms. The number of alkyl halides is 3. The topological polar surface area (TPSA) is 110 Å². The molecule has 0 aliphatic carbocycles. The van der Waals surface area contributed by atoms with E-state index in [-0.39, 0.29) is 15.6 Å². The van der Waals surface area contributed by atoms with Gasteiger partial charge in [-0.25, -0.2) is 8.42 Å². The lowest BCUT2D eigenvalue weighted by atomic mass is 10.1. The lowest BCUT2D eigenvalue weighted by Crippen LogP contribution is -2.38. The van der Waals surface area contributed by atoms with Gasteiger partial charge in [0.25, 0.3) is 15.7 Å². The van der Waals surface area contributed by atoms with Gasteiger partial charge in [-0.05, 0) is 36.4 Å². The Kier molecular flexibility index (Phi) is 7.12. The fraction of sp³-hybridized carbons (Fsp3) is 0.0952. The van der Waals surface area contributed by atoms with Crippen molar-refractivity contribution in [1.29, 1.82) is 0 Å². The van der Waals surface area contributed by atoms with Crippen molar-refractivity contribution in [2.45, 2.75) is 11.1 Å². The Balaban J connectivity index is 2.01. The van der Waals surface area contributed by atoms with E-state index in [4.69, 9.17) is 11.6 Å². The van der Waals surface area contributed by atoms with E-state index in [9.17, 15) is 36.5 Å². The van der Waals surface area contributed by atoms with Gasteiger partial charge in [-0.1, -0.05) is 35.9 Å². The molecular formula is C21H15ClF3N3O5S. The molecule has 0 aromatic heterocycles. The molecule has 34 heavy (non-hydrogen) atoms. The van der Waals surface area contributed by atoms with Crippen molar-refractivity contribution in [3.8, 4) is 0 Å². The van der Waals surface area contributed by atoms with Crippen molar-refractivity contribution in [2.75, 3.05) is 16.2 Å². The van der Waals surface area contributed by atoms with Gasteiger partial charge in [-0.2, -0.15) is 13.2 Å². The van der Waals surface area contributed by atoms with Gasteiger partial charge in [0.1, 0.15) is 6.54 Å². The zero-order valence-corrected chi connectivity index (χ0v) is 18.6. The van der Waals surface area contributed by atoms with Crippen molar-refractivity contribution in [3.05, 3.63) is 93.5 Å². The van der Waals surface area contributed by atoms with E-state index in [1.54, 1.807) is 6.07 Å². The number of non-ortho nitro benzene ring substituents is 1. The van der Waals surface area contributed by atoms with Gasteiger partial charge < -0.3 is 5.32 Å². The van der Waals surface area contributed by atoms with Crippen LogP contribution < -0.4 is 9.62 Å². The molecule has 178 valence electrons. The molecule has 0 spiro atoms. The highest BCUT2D eigenvalue weighted by atomic mass is 35.5. The van der Waals surface area contributed by atoms with Crippen LogP contribution in [0, 0.1) is 10.1 Å². The minimum Gasteiger partial charge on any atom is -0.324 e. The molecule has 3 rings (SSSR count). The molecule has 1 amide bonds. The van der Waals surface area contributed by atoms with Crippen LogP contribution in [0.1, 0.15) is 5.56 Å². The first-order chi connectivity index (χ1) is 15.9. The van der Waals surface area contributed by atoms with Crippen LogP contribution in [0.4, 0.5) is 30.2 Å². The van der Waals surface area contributed by atoms with Crippen LogP contribution >= 0.6 is 11.6 Å². The van der Waals surface area contributed by atoms with Gasteiger partial charge >= 0.3 is 6.18 Å². The highest BCUT2D eigenvalue weighted by Crippen LogP contribution is 2.36. The molecule has 0 saturated heterocycles. The van der Waals surface area contributed by atoms with Crippen molar-refractivity contribution in [2.24, 2.45) is 0 Å². The molecule has 0 saturated carbocycles. The summed E-state index contributed by atoms with van der Waals surface area (Å²) in [7, 11) is -4.42. The summed E-state index contributed by atoms with van der Waals surface area (Å²) < 4.78 is 67.2. The van der Waals surface area contributed by atoms with Crippen molar-refractivity contribution in [1.82, 2.24) is 0 Å². The second kappa shape index (κ2) is 9.69. The van der Waals surface area contributed by atoms with Gasteiger partial charge in [0.05, 0.1) is 26.8 Å². The van der Waals surface area contributed by atoms with Crippen LogP contribution in [0.15, 0.2) is 77.7 Å². The first-order valence-corrected chi connectivity index (χ1v) is 11.2. The summed E-state index contributed by atoms with van der Waals surface area (Å²) in [5, 5.41) is 13.0. The van der Waals surface area contributed by atoms with Crippen molar-refractivity contribution < 1.29 is 31.3 Å². The summed E-state index contributed by atoms with van der Waals surface area (Å²) in [5.41, 5.74) is -2.51. The Morgan fingerprint density at radius 1 is 1.03 bits per heavy atom. The number of hydrogen-bond donors (Lipinski definition) is 1. The van der Waals surface area contributed by atoms with Crippen LogP contribution in [-0.4, -0.2) is 25.8 Å². The average molecular weight is 514 g/mol. The lowest BCUT2D eigenvalue weighted by Gasteiger charge is -2.24. The monoisotopic (exact) mass is 513 g/mol. The number of anilines is 2. The third-order valence-corrected chi connectivity index (χ3v) is 6.53. The number of hydrogen-bond acceptors (Lipinski definition) is 5. The van der Waals surface area contributed by atoms with Crippen LogP contribution in [0.25, 0.3) is 0 Å². The zero-order chi connectivity index (χ0) is 25.1. The van der Waals surface area contributed by atoms with Crippen LogP contribution in [-0.2, 0) is 21.0 Å². The molecule has 0 bridgehead atoms. The Bertz CT molecular complexity index is 1330. The number of nitrogens with zero attached hydrogens (tertiary/aromatic N) is 2. The SMILES string of the molecule is O=C(CN(c1cccc([N+](=O)[O-])c1)S(=O)(=O)c1ccccc1)Nc1ccc(Cl)cc1C(F)(F)F. The molecule has 0 unspecified atom stereocenters. The number of rotatable bonds is 7. The second-order valence-corrected chi connectivity index (χ2v) is 9.14. The third-order valence-electron chi connectivity index (χ3n) is 4.51. The Hall–Kier alpha value is -3.64. The summed E-state index contributed by atoms with van der Waals surface area (Å²) in [6, 6.07) is 14.1. The molecule has 0 heterocycles. The zero-order valence-electron chi connectivity index (χ0n) is 17.0. The number of nitro benzene ring substituents is 1. The Labute approximate surface area is 196 Å². The fourth-order valence-electron chi connectivity index (χ4n) is 2.98. The molecule has 0 radical (unpaired) electrons. The number of benzene rings is 3. The Morgan fingerprint density at radius 2 is 1.71 bits per heavy atom. The van der Waals surface area contributed by atoms with Crippen molar-refractivity contribution in [3.63, 3.8) is 0 Å². The smallest absolute Gasteiger partial charge is 0.324 e. The van der Waals surface area contributed by atoms with Gasteiger partial charge in [-0.15, -0.1) is 0 Å². The minimum absolute atomic E-state index is 0.213. The number of carbonyl (C=O) groups is 1. The maximum Gasteiger partial charge on any atom is 0.418 e. The minimum atomic E-state index is -4.84. The van der Waals surface area contributed by atoms with E-state index >= 15 is 0 Å². The first-order valence-electron chi connectivity index (χ1n) is 9.38. The molecule has 0 aliphatic heterocycles. The summed E-state index contributed by atoms with van der Waals surface area (Å²) in [4.78, 5) is 22.9. The lowest BCUT2D eigenvalue weighted by molar-refractivity contribution is -0.384. The van der Waals surface area contributed by atoms with E-state index in [2.05, 4.69) is 0 Å². The van der Waals surface area contributed by atoms with Gasteiger partial charge in [0.15, 0.2) is 0 Å². The van der Waals surface area contributed by atoms with Crippen molar-refractivity contribution >= 4 is 44.6 Å². The maximum absolute atomic E-state index is 13.4. The number of carbonyl (C=O) groups excluding carboxylic acids is 1. The summed E-state index contributed by atoms with van der Waals surface area (Å²) in [6.07, 6.45) is -4.84. The molecule has 3 aromatic carbocycles. The van der Waals surface area contributed by atoms with E-state index < -0.39 is 50.5 Å². The predicted octanol–water partition coefficient (Wildman–Crippen LogP) is 5.10. The average Bonchev–Trinajstić information content (AvgIpc) is 2.78. The predicted molar refractivity (Wildman–Crippen MR) is 119 cm³/mol. The summed E-state index contributed by atoms with van der Waals surface area (Å²) in [6.45, 7) is -0.960. The number of sulfonamides is 1. The van der Waals surface area contributed by atoms with Gasteiger partial charge in [0.2, 0.25) is 5.91 Å². The first kappa shape index (κ1) is 25.0. The summed E-state index contributed by atoms with van der Waals surface area (Å²) in [5.74, 6) is -1.11. The number of nitrogens with one attached hydrogen (secondary N) is 1. The number of nitro groups is 1. The standard InChI is InChI=1S/C21H15ClF3N3O5S/c22-14-9-10-19(18(11-14)21(23,24)25)26-20(29)13-27(15-5-4-6-16(12-15)28(30)31)34(32,33)17-7-2-1-3-8-17/h1-12H,13H2,(H,26,29). The highest BCUT2D eigenvalue weighted by Gasteiger charge is 2.35.